The van der Waals surface area contributed by atoms with Crippen molar-refractivity contribution in [2.75, 3.05) is 18.1 Å². The molecular formula is C25H33N4O5P. The van der Waals surface area contributed by atoms with E-state index in [1.54, 1.807) is 4.90 Å². The van der Waals surface area contributed by atoms with Gasteiger partial charge in [-0.2, -0.15) is 0 Å². The van der Waals surface area contributed by atoms with Crippen molar-refractivity contribution in [2.45, 2.75) is 45.1 Å². The maximum absolute atomic E-state index is 13.3. The third-order valence-electron chi connectivity index (χ3n) is 5.88. The van der Waals surface area contributed by atoms with Gasteiger partial charge < -0.3 is 36.0 Å². The topological polar surface area (TPSA) is 151 Å². The Morgan fingerprint density at radius 1 is 0.914 bits per heavy atom. The summed E-state index contributed by atoms with van der Waals surface area (Å²) in [4.78, 5) is 44.6. The standard InChI is InChI=1S/C25H33N4O5P/c26-24-19-10-4-3-9-18(19)17-29(21-12-6-5-11-20(21)25(24)27)23(31)14-13-22(30)28-15-7-1-2-8-16-34-35(32)33/h3-6,9-12,32-33H,1-2,7-8,13-17,26-27H2,(H,28,30)/b25-24-. The van der Waals surface area contributed by atoms with Crippen LogP contribution in [0.1, 0.15) is 55.2 Å². The summed E-state index contributed by atoms with van der Waals surface area (Å²) in [6.45, 7) is 1.17. The average Bonchev–Trinajstić information content (AvgIpc) is 2.86. The summed E-state index contributed by atoms with van der Waals surface area (Å²) < 4.78 is 4.71. The number of hydrogen-bond donors (Lipinski definition) is 5. The van der Waals surface area contributed by atoms with Crippen molar-refractivity contribution in [3.63, 3.8) is 0 Å². The lowest BCUT2D eigenvalue weighted by Crippen LogP contribution is -2.34. The van der Waals surface area contributed by atoms with Crippen LogP contribution in [0, 0.1) is 0 Å². The number of fused-ring (bicyclic) bond motifs is 2. The Morgan fingerprint density at radius 3 is 2.34 bits per heavy atom. The molecule has 0 unspecified atom stereocenters. The molecule has 3 rings (SSSR count). The highest BCUT2D eigenvalue weighted by Crippen LogP contribution is 2.34. The van der Waals surface area contributed by atoms with Gasteiger partial charge in [-0.05, 0) is 24.5 Å². The molecule has 35 heavy (non-hydrogen) atoms. The molecule has 0 aromatic heterocycles. The van der Waals surface area contributed by atoms with Gasteiger partial charge in [-0.25, -0.2) is 0 Å². The number of carbonyl (C=O) groups is 2. The highest BCUT2D eigenvalue weighted by molar-refractivity contribution is 7.39. The molecule has 0 saturated carbocycles. The zero-order chi connectivity index (χ0) is 25.2. The molecule has 1 heterocycles. The first kappa shape index (κ1) is 26.6. The van der Waals surface area contributed by atoms with Gasteiger partial charge in [0.25, 0.3) is 0 Å². The molecular weight excluding hydrogens is 467 g/mol. The van der Waals surface area contributed by atoms with Gasteiger partial charge in [-0.15, -0.1) is 0 Å². The number of unbranched alkanes of at least 4 members (excludes halogenated alkanes) is 3. The maximum Gasteiger partial charge on any atom is 0.327 e. The van der Waals surface area contributed by atoms with Gasteiger partial charge in [0, 0.05) is 30.5 Å². The molecule has 1 aliphatic heterocycles. The lowest BCUT2D eigenvalue weighted by molar-refractivity contribution is -0.125. The van der Waals surface area contributed by atoms with Crippen molar-refractivity contribution in [3.05, 3.63) is 65.2 Å². The predicted octanol–water partition coefficient (Wildman–Crippen LogP) is 2.96. The van der Waals surface area contributed by atoms with Crippen LogP contribution in [0.3, 0.4) is 0 Å². The number of nitrogens with zero attached hydrogens (tertiary/aromatic N) is 1. The summed E-state index contributed by atoms with van der Waals surface area (Å²) in [7, 11) is -2.29. The second kappa shape index (κ2) is 13.2. The third kappa shape index (κ3) is 7.50. The van der Waals surface area contributed by atoms with Crippen molar-refractivity contribution in [2.24, 2.45) is 11.5 Å². The van der Waals surface area contributed by atoms with Crippen molar-refractivity contribution in [1.29, 1.82) is 0 Å². The molecule has 0 bridgehead atoms. The highest BCUT2D eigenvalue weighted by atomic mass is 31.2. The largest absolute Gasteiger partial charge is 0.397 e. The zero-order valence-electron chi connectivity index (χ0n) is 19.7. The van der Waals surface area contributed by atoms with Crippen LogP contribution in [0.2, 0.25) is 0 Å². The summed E-state index contributed by atoms with van der Waals surface area (Å²) in [5.74, 6) is -0.333. The van der Waals surface area contributed by atoms with E-state index in [0.29, 0.717) is 42.3 Å². The summed E-state index contributed by atoms with van der Waals surface area (Å²) in [6, 6.07) is 15.0. The fourth-order valence-electron chi connectivity index (χ4n) is 4.02. The summed E-state index contributed by atoms with van der Waals surface area (Å²) in [6.07, 6.45) is 3.46. The molecule has 0 spiro atoms. The minimum absolute atomic E-state index is 0.0735. The number of nitrogens with one attached hydrogen (secondary N) is 1. The Hall–Kier alpha value is -2.97. The number of rotatable bonds is 11. The molecule has 0 aliphatic carbocycles. The second-order valence-corrected chi connectivity index (χ2v) is 9.10. The van der Waals surface area contributed by atoms with Crippen molar-refractivity contribution < 1.29 is 23.9 Å². The molecule has 7 N–H and O–H groups in total. The molecule has 2 aromatic rings. The Morgan fingerprint density at radius 2 is 1.57 bits per heavy atom. The number of nitrogens with two attached hydrogens (primary N) is 2. The van der Waals surface area contributed by atoms with Crippen LogP contribution in [-0.4, -0.2) is 34.8 Å². The molecule has 1 aliphatic rings. The normalized spacial score (nSPS) is 15.2. The van der Waals surface area contributed by atoms with Crippen molar-refractivity contribution in [1.82, 2.24) is 5.32 Å². The number of benzene rings is 2. The first-order chi connectivity index (χ1) is 16.9. The lowest BCUT2D eigenvalue weighted by atomic mass is 9.96. The monoisotopic (exact) mass is 500 g/mol. The average molecular weight is 501 g/mol. The van der Waals surface area contributed by atoms with Gasteiger partial charge in [-0.1, -0.05) is 55.3 Å². The van der Waals surface area contributed by atoms with Gasteiger partial charge >= 0.3 is 8.60 Å². The fraction of sp³-hybridized carbons (Fsp3) is 0.360. The SMILES string of the molecule is N/C1=C(\N)c2ccccc2N(C(=O)CCC(=O)NCCCCCCOP(O)O)Cc2ccccc21. The number of para-hydroxylation sites is 1. The van der Waals surface area contributed by atoms with E-state index >= 15 is 0 Å². The van der Waals surface area contributed by atoms with Crippen LogP contribution < -0.4 is 21.7 Å². The molecule has 9 nitrogen and oxygen atoms in total. The van der Waals surface area contributed by atoms with E-state index < -0.39 is 8.60 Å². The van der Waals surface area contributed by atoms with E-state index in [4.69, 9.17) is 25.8 Å². The van der Waals surface area contributed by atoms with Gasteiger partial charge in [-0.3, -0.25) is 9.59 Å². The van der Waals surface area contributed by atoms with Gasteiger partial charge in [0.15, 0.2) is 0 Å². The molecule has 0 atom stereocenters. The van der Waals surface area contributed by atoms with E-state index in [1.165, 1.54) is 0 Å². The van der Waals surface area contributed by atoms with E-state index in [9.17, 15) is 9.59 Å². The van der Waals surface area contributed by atoms with E-state index in [-0.39, 0.29) is 24.7 Å². The minimum Gasteiger partial charge on any atom is -0.397 e. The molecule has 2 amide bonds. The van der Waals surface area contributed by atoms with Crippen molar-refractivity contribution >= 4 is 37.5 Å². The lowest BCUT2D eigenvalue weighted by Gasteiger charge is -2.29. The summed E-state index contributed by atoms with van der Waals surface area (Å²) >= 11 is 0. The Balaban J connectivity index is 1.56. The zero-order valence-corrected chi connectivity index (χ0v) is 20.5. The van der Waals surface area contributed by atoms with Crippen LogP contribution in [0.5, 0.6) is 0 Å². The number of carbonyl (C=O) groups excluding carboxylic acids is 2. The van der Waals surface area contributed by atoms with Crippen molar-refractivity contribution in [3.8, 4) is 0 Å². The van der Waals surface area contributed by atoms with E-state index in [2.05, 4.69) is 5.32 Å². The number of amides is 2. The van der Waals surface area contributed by atoms with E-state index in [1.807, 2.05) is 48.5 Å². The third-order valence-corrected chi connectivity index (χ3v) is 6.29. The van der Waals surface area contributed by atoms with Gasteiger partial charge in [0.1, 0.15) is 0 Å². The number of hydrogen-bond acceptors (Lipinski definition) is 7. The Labute approximate surface area is 206 Å². The summed E-state index contributed by atoms with van der Waals surface area (Å²) in [5.41, 5.74) is 16.7. The molecule has 2 aromatic carbocycles. The summed E-state index contributed by atoms with van der Waals surface area (Å²) in [5, 5.41) is 2.86. The van der Waals surface area contributed by atoms with Crippen LogP contribution >= 0.6 is 8.60 Å². The molecule has 0 fully saturated rings. The van der Waals surface area contributed by atoms with E-state index in [0.717, 1.165) is 36.8 Å². The first-order valence-electron chi connectivity index (χ1n) is 11.7. The van der Waals surface area contributed by atoms with Gasteiger partial charge in [0.05, 0.1) is 30.2 Å². The quantitative estimate of drug-likeness (QED) is 0.235. The smallest absolute Gasteiger partial charge is 0.327 e. The first-order valence-corrected chi connectivity index (χ1v) is 12.9. The predicted molar refractivity (Wildman–Crippen MR) is 137 cm³/mol. The Bertz CT molecular complexity index is 1060. The van der Waals surface area contributed by atoms with Crippen LogP contribution in [-0.2, 0) is 20.7 Å². The molecule has 0 saturated heterocycles. The number of anilines is 1. The molecule has 0 radical (unpaired) electrons. The molecule has 10 heteroatoms. The van der Waals surface area contributed by atoms with Crippen LogP contribution in [0.4, 0.5) is 5.69 Å². The second-order valence-electron chi connectivity index (χ2n) is 8.33. The van der Waals surface area contributed by atoms with Crippen LogP contribution in [0.15, 0.2) is 48.5 Å². The molecule has 188 valence electrons. The van der Waals surface area contributed by atoms with Gasteiger partial charge in [0.2, 0.25) is 11.8 Å². The Kier molecular flexibility index (Phi) is 10.0. The van der Waals surface area contributed by atoms with Crippen LogP contribution in [0.25, 0.3) is 11.4 Å². The highest BCUT2D eigenvalue weighted by Gasteiger charge is 2.25. The minimum atomic E-state index is -2.29. The maximum atomic E-state index is 13.3. The fourth-order valence-corrected chi connectivity index (χ4v) is 4.32.